The van der Waals surface area contributed by atoms with E-state index in [0.717, 1.165) is 0 Å². The van der Waals surface area contributed by atoms with Gasteiger partial charge >= 0.3 is 12.1 Å². The number of ether oxygens (including phenoxy) is 2. The van der Waals surface area contributed by atoms with Crippen LogP contribution in [0.1, 0.15) is 13.3 Å². The zero-order valence-electron chi connectivity index (χ0n) is 6.20. The van der Waals surface area contributed by atoms with Crippen molar-refractivity contribution in [1.29, 1.82) is 0 Å². The number of carbonyl (C=O) groups excluding carboxylic acids is 1. The molecule has 0 aromatic carbocycles. The van der Waals surface area contributed by atoms with Crippen LogP contribution in [0, 0.1) is 0 Å². The van der Waals surface area contributed by atoms with E-state index in [1.54, 1.807) is 6.92 Å². The van der Waals surface area contributed by atoms with Gasteiger partial charge in [0.15, 0.2) is 0 Å². The maximum Gasteiger partial charge on any atom is 0.505 e. The van der Waals surface area contributed by atoms with Gasteiger partial charge in [-0.2, -0.15) is 0 Å². The maximum absolute atomic E-state index is 10.5. The van der Waals surface area contributed by atoms with Crippen molar-refractivity contribution in [3.05, 3.63) is 0 Å². The second-order valence-corrected chi connectivity index (χ2v) is 1.67. The normalized spacial score (nSPS) is 8.82. The van der Waals surface area contributed by atoms with E-state index in [0.29, 0.717) is 6.61 Å². The van der Waals surface area contributed by atoms with Crippen LogP contribution >= 0.6 is 0 Å². The molecule has 1 N–H and O–H groups in total. The Labute approximate surface area is 63.9 Å². The Morgan fingerprint density at radius 1 is 1.36 bits per heavy atom. The molecule has 11 heavy (non-hydrogen) atoms. The minimum Gasteiger partial charge on any atom is -0.466 e. The molecule has 0 saturated carbocycles. The SMILES string of the molecule is CCOC(=O)CCOC(=O)O. The minimum absolute atomic E-state index is 0.0276. The highest BCUT2D eigenvalue weighted by molar-refractivity contribution is 5.69. The van der Waals surface area contributed by atoms with Gasteiger partial charge in [0, 0.05) is 0 Å². The molecule has 0 radical (unpaired) electrons. The fourth-order valence-corrected chi connectivity index (χ4v) is 0.455. The first-order valence-corrected chi connectivity index (χ1v) is 3.18. The second kappa shape index (κ2) is 5.52. The predicted octanol–water partition coefficient (Wildman–Crippen LogP) is 0.634. The lowest BCUT2D eigenvalue weighted by Gasteiger charge is -2.00. The summed E-state index contributed by atoms with van der Waals surface area (Å²) in [4.78, 5) is 20.3. The van der Waals surface area contributed by atoms with Crippen molar-refractivity contribution < 1.29 is 24.2 Å². The topological polar surface area (TPSA) is 72.8 Å². The van der Waals surface area contributed by atoms with E-state index in [9.17, 15) is 9.59 Å². The summed E-state index contributed by atoms with van der Waals surface area (Å²) in [5.41, 5.74) is 0. The van der Waals surface area contributed by atoms with Gasteiger partial charge < -0.3 is 14.6 Å². The third-order valence-electron chi connectivity index (χ3n) is 0.837. The third kappa shape index (κ3) is 6.63. The van der Waals surface area contributed by atoms with Gasteiger partial charge in [-0.25, -0.2) is 4.79 Å². The van der Waals surface area contributed by atoms with Crippen LogP contribution in [-0.4, -0.2) is 30.4 Å². The van der Waals surface area contributed by atoms with Gasteiger partial charge in [-0.15, -0.1) is 0 Å². The molecule has 0 fully saturated rings. The van der Waals surface area contributed by atoms with E-state index in [2.05, 4.69) is 9.47 Å². The van der Waals surface area contributed by atoms with Crippen molar-refractivity contribution in [2.24, 2.45) is 0 Å². The minimum atomic E-state index is -1.38. The van der Waals surface area contributed by atoms with E-state index < -0.39 is 12.1 Å². The Hall–Kier alpha value is -1.26. The number of esters is 1. The standard InChI is InChI=1S/C6H10O5/c1-2-10-5(7)3-4-11-6(8)9/h2-4H2,1H3,(H,8,9). The molecule has 0 rings (SSSR count). The third-order valence-corrected chi connectivity index (χ3v) is 0.837. The first-order valence-electron chi connectivity index (χ1n) is 3.18. The Bertz CT molecular complexity index is 142. The summed E-state index contributed by atoms with van der Waals surface area (Å²) < 4.78 is 8.59. The first-order chi connectivity index (χ1) is 5.16. The van der Waals surface area contributed by atoms with Crippen molar-refractivity contribution in [2.45, 2.75) is 13.3 Å². The number of hydrogen-bond acceptors (Lipinski definition) is 4. The lowest BCUT2D eigenvalue weighted by Crippen LogP contribution is -2.10. The molecule has 64 valence electrons. The molecule has 0 bridgehead atoms. The molecule has 0 heterocycles. The average molecular weight is 162 g/mol. The van der Waals surface area contributed by atoms with Crippen molar-refractivity contribution in [2.75, 3.05) is 13.2 Å². The van der Waals surface area contributed by atoms with Crippen LogP contribution in [-0.2, 0) is 14.3 Å². The monoisotopic (exact) mass is 162 g/mol. The molecule has 0 unspecified atom stereocenters. The highest BCUT2D eigenvalue weighted by Crippen LogP contribution is 1.87. The fraction of sp³-hybridized carbons (Fsp3) is 0.667. The lowest BCUT2D eigenvalue weighted by molar-refractivity contribution is -0.143. The number of rotatable bonds is 4. The molecule has 5 heteroatoms. The highest BCUT2D eigenvalue weighted by atomic mass is 16.7. The predicted molar refractivity (Wildman–Crippen MR) is 35.2 cm³/mol. The summed E-state index contributed by atoms with van der Waals surface area (Å²) in [5.74, 6) is -0.450. The quantitative estimate of drug-likeness (QED) is 0.614. The summed E-state index contributed by atoms with van der Waals surface area (Å²) in [6.45, 7) is 1.83. The van der Waals surface area contributed by atoms with Crippen molar-refractivity contribution in [3.8, 4) is 0 Å². The summed E-state index contributed by atoms with van der Waals surface area (Å²) in [5, 5.41) is 7.98. The Morgan fingerprint density at radius 2 is 2.00 bits per heavy atom. The van der Waals surface area contributed by atoms with Crippen LogP contribution < -0.4 is 0 Å². The van der Waals surface area contributed by atoms with Gasteiger partial charge in [-0.3, -0.25) is 4.79 Å². The molecule has 0 spiro atoms. The molecule has 0 aliphatic carbocycles. The molecule has 0 saturated heterocycles. The van der Waals surface area contributed by atoms with Crippen LogP contribution in [0.3, 0.4) is 0 Å². The zero-order chi connectivity index (χ0) is 8.69. The molecule has 0 aromatic rings. The van der Waals surface area contributed by atoms with Crippen LogP contribution in [0.15, 0.2) is 0 Å². The van der Waals surface area contributed by atoms with Crippen molar-refractivity contribution in [1.82, 2.24) is 0 Å². The van der Waals surface area contributed by atoms with E-state index in [1.807, 2.05) is 0 Å². The van der Waals surface area contributed by atoms with Gasteiger partial charge in [0.05, 0.1) is 13.0 Å². The molecule has 5 nitrogen and oxygen atoms in total. The van der Waals surface area contributed by atoms with Crippen LogP contribution in [0.4, 0.5) is 4.79 Å². The van der Waals surface area contributed by atoms with Gasteiger partial charge in [0.25, 0.3) is 0 Å². The van der Waals surface area contributed by atoms with E-state index in [4.69, 9.17) is 5.11 Å². The molecule has 0 aliphatic rings. The molecular weight excluding hydrogens is 152 g/mol. The van der Waals surface area contributed by atoms with Crippen LogP contribution in [0.5, 0.6) is 0 Å². The first kappa shape index (κ1) is 9.74. The Kier molecular flexibility index (Phi) is 4.89. The maximum atomic E-state index is 10.5. The van der Waals surface area contributed by atoms with Crippen LogP contribution in [0.2, 0.25) is 0 Å². The van der Waals surface area contributed by atoms with Crippen LogP contribution in [0.25, 0.3) is 0 Å². The summed E-state index contributed by atoms with van der Waals surface area (Å²) in [7, 11) is 0. The fourth-order valence-electron chi connectivity index (χ4n) is 0.455. The number of carboxylic acid groups (broad SMARTS) is 1. The largest absolute Gasteiger partial charge is 0.505 e. The Balaban J connectivity index is 3.24. The molecule has 0 atom stereocenters. The zero-order valence-corrected chi connectivity index (χ0v) is 6.20. The number of hydrogen-bond donors (Lipinski definition) is 1. The summed E-state index contributed by atoms with van der Waals surface area (Å²) in [6, 6.07) is 0. The van der Waals surface area contributed by atoms with Gasteiger partial charge in [-0.05, 0) is 6.92 Å². The molecule has 0 amide bonds. The second-order valence-electron chi connectivity index (χ2n) is 1.67. The highest BCUT2D eigenvalue weighted by Gasteiger charge is 2.02. The smallest absolute Gasteiger partial charge is 0.466 e. The van der Waals surface area contributed by atoms with E-state index >= 15 is 0 Å². The van der Waals surface area contributed by atoms with Gasteiger partial charge in [0.1, 0.15) is 6.61 Å². The van der Waals surface area contributed by atoms with E-state index in [-0.39, 0.29) is 13.0 Å². The lowest BCUT2D eigenvalue weighted by atomic mass is 10.5. The average Bonchev–Trinajstić information content (AvgIpc) is 1.87. The summed E-state index contributed by atoms with van der Waals surface area (Å²) in [6.07, 6.45) is -1.41. The number of carbonyl (C=O) groups is 2. The molecular formula is C6H10O5. The van der Waals surface area contributed by atoms with Crippen molar-refractivity contribution in [3.63, 3.8) is 0 Å². The van der Waals surface area contributed by atoms with E-state index in [1.165, 1.54) is 0 Å². The van der Waals surface area contributed by atoms with Gasteiger partial charge in [0.2, 0.25) is 0 Å². The molecule has 0 aliphatic heterocycles. The molecule has 0 aromatic heterocycles. The summed E-state index contributed by atoms with van der Waals surface area (Å²) >= 11 is 0. The van der Waals surface area contributed by atoms with Gasteiger partial charge in [-0.1, -0.05) is 0 Å². The van der Waals surface area contributed by atoms with Crippen molar-refractivity contribution >= 4 is 12.1 Å². The Morgan fingerprint density at radius 3 is 2.45 bits per heavy atom.